The van der Waals surface area contributed by atoms with Crippen molar-refractivity contribution in [2.45, 2.75) is 23.8 Å². The second-order valence-corrected chi connectivity index (χ2v) is 10.5. The first-order chi connectivity index (χ1) is 17.8. The summed E-state index contributed by atoms with van der Waals surface area (Å²) in [6.07, 6.45) is 3.30. The van der Waals surface area contributed by atoms with Crippen LogP contribution in [0.25, 0.3) is 21.8 Å². The first kappa shape index (κ1) is 24.5. The molecule has 0 amide bonds. The highest BCUT2D eigenvalue weighted by Crippen LogP contribution is 2.31. The molecule has 0 fully saturated rings. The van der Waals surface area contributed by atoms with Gasteiger partial charge in [-0.1, -0.05) is 24.3 Å². The van der Waals surface area contributed by atoms with Crippen LogP contribution in [0.1, 0.15) is 29.2 Å². The summed E-state index contributed by atoms with van der Waals surface area (Å²) in [5.41, 5.74) is 10.1. The Balaban J connectivity index is 1.49. The number of rotatable bonds is 8. The number of carboxylic acid groups (broad SMARTS) is 1. The quantitative estimate of drug-likeness (QED) is 0.312. The Morgan fingerprint density at radius 2 is 1.81 bits per heavy atom. The predicted molar refractivity (Wildman–Crippen MR) is 141 cm³/mol. The molecule has 0 radical (unpaired) electrons. The van der Waals surface area contributed by atoms with Crippen LogP contribution in [0.3, 0.4) is 0 Å². The number of ether oxygens (including phenoxy) is 1. The maximum absolute atomic E-state index is 13.6. The van der Waals surface area contributed by atoms with Gasteiger partial charge >= 0.3 is 5.97 Å². The number of hydrogen-bond donors (Lipinski definition) is 2. The van der Waals surface area contributed by atoms with Gasteiger partial charge in [-0.2, -0.15) is 0 Å². The lowest BCUT2D eigenvalue weighted by Gasteiger charge is -2.14. The summed E-state index contributed by atoms with van der Waals surface area (Å²) in [7, 11) is -2.44. The number of aromatic nitrogens is 2. The van der Waals surface area contributed by atoms with E-state index in [9.17, 15) is 13.2 Å². The Labute approximate surface area is 214 Å². The summed E-state index contributed by atoms with van der Waals surface area (Å²) in [4.78, 5) is 15.6. The molecule has 5 aromatic rings. The fourth-order valence-electron chi connectivity index (χ4n) is 4.45. The topological polar surface area (TPSA) is 125 Å². The molecule has 0 aliphatic heterocycles. The molecule has 2 heterocycles. The molecule has 0 bridgehead atoms. The third kappa shape index (κ3) is 4.66. The summed E-state index contributed by atoms with van der Waals surface area (Å²) in [5, 5.41) is 10.7. The summed E-state index contributed by atoms with van der Waals surface area (Å²) in [6.45, 7) is 0. The largest absolute Gasteiger partial charge is 0.497 e. The Kier molecular flexibility index (Phi) is 6.41. The Hall–Kier alpha value is -4.21. The highest BCUT2D eigenvalue weighted by molar-refractivity contribution is 7.90. The van der Waals surface area contributed by atoms with Gasteiger partial charge < -0.3 is 15.6 Å². The highest BCUT2D eigenvalue weighted by Gasteiger charge is 2.22. The molecular formula is C28H25N3O5S. The minimum atomic E-state index is -3.96. The van der Waals surface area contributed by atoms with Crippen LogP contribution in [-0.2, 0) is 21.2 Å². The van der Waals surface area contributed by atoms with Crippen molar-refractivity contribution < 1.29 is 23.1 Å². The lowest BCUT2D eigenvalue weighted by atomic mass is 9.98. The lowest BCUT2D eigenvalue weighted by molar-refractivity contribution is -0.136. The van der Waals surface area contributed by atoms with Crippen LogP contribution in [0.4, 0.5) is 0 Å². The molecule has 3 N–H and O–H groups in total. The van der Waals surface area contributed by atoms with E-state index >= 15 is 0 Å². The van der Waals surface area contributed by atoms with E-state index in [1.807, 2.05) is 30.3 Å². The maximum Gasteiger partial charge on any atom is 0.303 e. The SMILES string of the molecule is COc1ccc2c(c1)c(CCC(=O)O)cn2S(=O)(=O)c1ccc(C(N)c2ccc3ncccc3c2)cc1. The second kappa shape index (κ2) is 9.68. The van der Waals surface area contributed by atoms with Crippen molar-refractivity contribution in [2.24, 2.45) is 5.73 Å². The van der Waals surface area contributed by atoms with E-state index in [-0.39, 0.29) is 17.7 Å². The van der Waals surface area contributed by atoms with Gasteiger partial charge in [0.1, 0.15) is 5.75 Å². The molecule has 2 aromatic heterocycles. The van der Waals surface area contributed by atoms with Gasteiger partial charge in [0.05, 0.1) is 29.1 Å². The van der Waals surface area contributed by atoms with Crippen molar-refractivity contribution >= 4 is 37.8 Å². The highest BCUT2D eigenvalue weighted by atomic mass is 32.2. The molecule has 188 valence electrons. The van der Waals surface area contributed by atoms with Gasteiger partial charge in [0, 0.05) is 29.6 Å². The van der Waals surface area contributed by atoms with Crippen LogP contribution < -0.4 is 10.5 Å². The Morgan fingerprint density at radius 1 is 1.05 bits per heavy atom. The van der Waals surface area contributed by atoms with E-state index in [0.29, 0.717) is 22.2 Å². The zero-order valence-corrected chi connectivity index (χ0v) is 20.9. The summed E-state index contributed by atoms with van der Waals surface area (Å²) in [5.74, 6) is -0.400. The molecule has 3 aromatic carbocycles. The third-order valence-corrected chi connectivity index (χ3v) is 8.14. The zero-order chi connectivity index (χ0) is 26.2. The average Bonchev–Trinajstić information content (AvgIpc) is 3.30. The zero-order valence-electron chi connectivity index (χ0n) is 20.0. The number of fused-ring (bicyclic) bond motifs is 2. The first-order valence-electron chi connectivity index (χ1n) is 11.6. The van der Waals surface area contributed by atoms with Crippen LogP contribution in [0.5, 0.6) is 5.75 Å². The van der Waals surface area contributed by atoms with Crippen LogP contribution >= 0.6 is 0 Å². The molecule has 1 atom stereocenters. The standard InChI is InChI=1S/C28H25N3O5S/c1-36-22-8-12-26-24(16-22)21(7-13-27(32)33)17-31(26)37(34,35)23-9-4-18(5-10-23)28(29)20-6-11-25-19(15-20)3-2-14-30-25/h2-6,8-12,14-17,28H,7,13,29H2,1H3,(H,32,33). The van der Waals surface area contributed by atoms with E-state index < -0.39 is 22.0 Å². The molecule has 0 saturated carbocycles. The van der Waals surface area contributed by atoms with Crippen LogP contribution in [0.2, 0.25) is 0 Å². The minimum Gasteiger partial charge on any atom is -0.497 e. The minimum absolute atomic E-state index is 0.101. The van der Waals surface area contributed by atoms with Crippen molar-refractivity contribution in [3.05, 3.63) is 102 Å². The number of nitrogens with two attached hydrogens (primary N) is 1. The van der Waals surface area contributed by atoms with Gasteiger partial charge in [-0.15, -0.1) is 0 Å². The van der Waals surface area contributed by atoms with E-state index in [1.165, 1.54) is 17.3 Å². The number of aliphatic carboxylic acids is 1. The van der Waals surface area contributed by atoms with Gasteiger partial charge in [0.15, 0.2) is 0 Å². The summed E-state index contributed by atoms with van der Waals surface area (Å²) in [6, 6.07) is 20.8. The Bertz CT molecular complexity index is 1730. The molecule has 0 saturated heterocycles. The van der Waals surface area contributed by atoms with Gasteiger partial charge in [0.2, 0.25) is 0 Å². The number of nitrogens with zero attached hydrogens (tertiary/aromatic N) is 2. The summed E-state index contributed by atoms with van der Waals surface area (Å²) >= 11 is 0. The molecule has 37 heavy (non-hydrogen) atoms. The van der Waals surface area contributed by atoms with Crippen molar-refractivity contribution in [2.75, 3.05) is 7.11 Å². The van der Waals surface area contributed by atoms with Gasteiger partial charge in [-0.05, 0) is 71.6 Å². The number of hydrogen-bond acceptors (Lipinski definition) is 6. The van der Waals surface area contributed by atoms with Crippen molar-refractivity contribution in [1.82, 2.24) is 8.96 Å². The van der Waals surface area contributed by atoms with Crippen molar-refractivity contribution in [1.29, 1.82) is 0 Å². The van der Waals surface area contributed by atoms with Crippen LogP contribution in [0.15, 0.2) is 90.1 Å². The molecular weight excluding hydrogens is 490 g/mol. The predicted octanol–water partition coefficient (Wildman–Crippen LogP) is 4.50. The molecule has 0 aliphatic carbocycles. The van der Waals surface area contributed by atoms with Gasteiger partial charge in [-0.25, -0.2) is 12.4 Å². The first-order valence-corrected chi connectivity index (χ1v) is 13.1. The van der Waals surface area contributed by atoms with Gasteiger partial charge in [0.25, 0.3) is 10.0 Å². The van der Waals surface area contributed by atoms with E-state index in [2.05, 4.69) is 4.98 Å². The van der Waals surface area contributed by atoms with Crippen LogP contribution in [-0.4, -0.2) is 35.6 Å². The monoisotopic (exact) mass is 515 g/mol. The number of carbonyl (C=O) groups is 1. The number of pyridine rings is 1. The number of carboxylic acids is 1. The Morgan fingerprint density at radius 3 is 2.54 bits per heavy atom. The summed E-state index contributed by atoms with van der Waals surface area (Å²) < 4.78 is 33.7. The third-order valence-electron chi connectivity index (χ3n) is 6.45. The molecule has 9 heteroatoms. The van der Waals surface area contributed by atoms with Crippen molar-refractivity contribution in [3.8, 4) is 5.75 Å². The number of aryl methyl sites for hydroxylation is 1. The fourth-order valence-corrected chi connectivity index (χ4v) is 5.84. The maximum atomic E-state index is 13.6. The molecule has 0 aliphatic rings. The second-order valence-electron chi connectivity index (χ2n) is 8.73. The van der Waals surface area contributed by atoms with Gasteiger partial charge in [-0.3, -0.25) is 9.78 Å². The average molecular weight is 516 g/mol. The van der Waals surface area contributed by atoms with Crippen molar-refractivity contribution in [3.63, 3.8) is 0 Å². The normalized spacial score (nSPS) is 12.6. The molecule has 0 spiro atoms. The van der Waals surface area contributed by atoms with E-state index in [0.717, 1.165) is 22.0 Å². The smallest absolute Gasteiger partial charge is 0.303 e. The fraction of sp³-hybridized carbons (Fsp3) is 0.143. The lowest BCUT2D eigenvalue weighted by Crippen LogP contribution is -2.14. The molecule has 1 unspecified atom stereocenters. The number of benzene rings is 3. The molecule has 5 rings (SSSR count). The van der Waals surface area contributed by atoms with E-state index in [1.54, 1.807) is 48.7 Å². The van der Waals surface area contributed by atoms with Crippen LogP contribution in [0, 0.1) is 0 Å². The number of methoxy groups -OCH3 is 1. The molecule has 8 nitrogen and oxygen atoms in total. The van der Waals surface area contributed by atoms with E-state index in [4.69, 9.17) is 15.6 Å².